The van der Waals surface area contributed by atoms with Gasteiger partial charge in [0, 0.05) is 25.0 Å². The monoisotopic (exact) mass is 332 g/mol. The molecule has 0 amide bonds. The average molecular weight is 333 g/mol. The van der Waals surface area contributed by atoms with Crippen molar-refractivity contribution >= 4 is 17.3 Å². The van der Waals surface area contributed by atoms with Crippen molar-refractivity contribution in [1.82, 2.24) is 24.7 Å². The molecule has 0 aliphatic carbocycles. The summed E-state index contributed by atoms with van der Waals surface area (Å²) in [6.45, 7) is 3.13. The first-order valence-electron chi connectivity index (χ1n) is 7.07. The Bertz CT molecular complexity index is 819. The topological polar surface area (TPSA) is 68.5 Å². The summed E-state index contributed by atoms with van der Waals surface area (Å²) in [4.78, 5) is 8.12. The van der Waals surface area contributed by atoms with E-state index in [4.69, 9.17) is 11.6 Å². The fourth-order valence-corrected chi connectivity index (χ4v) is 2.36. The summed E-state index contributed by atoms with van der Waals surface area (Å²) in [7, 11) is 0. The van der Waals surface area contributed by atoms with E-state index >= 15 is 0 Å². The molecule has 0 radical (unpaired) electrons. The number of anilines is 1. The molecule has 3 heterocycles. The van der Waals surface area contributed by atoms with Crippen LogP contribution in [0.4, 0.5) is 10.1 Å². The van der Waals surface area contributed by atoms with Gasteiger partial charge < -0.3 is 9.88 Å². The molecule has 0 spiro atoms. The highest BCUT2D eigenvalue weighted by Crippen LogP contribution is 2.21. The van der Waals surface area contributed by atoms with Gasteiger partial charge in [0.25, 0.3) is 0 Å². The third-order valence-electron chi connectivity index (χ3n) is 3.19. The molecule has 0 bridgehead atoms. The van der Waals surface area contributed by atoms with Crippen molar-refractivity contribution in [2.24, 2.45) is 0 Å². The lowest BCUT2D eigenvalue weighted by Crippen LogP contribution is -2.09. The molecular formula is C15H14ClFN6. The highest BCUT2D eigenvalue weighted by atomic mass is 35.5. The van der Waals surface area contributed by atoms with Crippen molar-refractivity contribution in [3.05, 3.63) is 53.5 Å². The molecule has 1 N–H and O–H groups in total. The van der Waals surface area contributed by atoms with E-state index in [1.807, 2.05) is 11.5 Å². The first-order chi connectivity index (χ1) is 11.2. The predicted molar refractivity (Wildman–Crippen MR) is 85.7 cm³/mol. The van der Waals surface area contributed by atoms with Crippen molar-refractivity contribution in [1.29, 1.82) is 0 Å². The molecular weight excluding hydrogens is 319 g/mol. The summed E-state index contributed by atoms with van der Waals surface area (Å²) in [6, 6.07) is 6.33. The van der Waals surface area contributed by atoms with E-state index < -0.39 is 5.95 Å². The van der Waals surface area contributed by atoms with E-state index in [-0.39, 0.29) is 0 Å². The molecule has 23 heavy (non-hydrogen) atoms. The quantitative estimate of drug-likeness (QED) is 0.727. The Morgan fingerprint density at radius 3 is 2.96 bits per heavy atom. The van der Waals surface area contributed by atoms with Gasteiger partial charge in [0.2, 0.25) is 5.95 Å². The SMILES string of the molecule is CCNc1cc(Cl)nnc1Cn1ccnc1-c1cccc(F)n1. The van der Waals surface area contributed by atoms with Gasteiger partial charge in [-0.2, -0.15) is 9.49 Å². The van der Waals surface area contributed by atoms with Crippen molar-refractivity contribution < 1.29 is 4.39 Å². The fraction of sp³-hybridized carbons (Fsp3) is 0.200. The summed E-state index contributed by atoms with van der Waals surface area (Å²) < 4.78 is 15.2. The number of nitrogens with one attached hydrogen (secondary N) is 1. The van der Waals surface area contributed by atoms with Crippen LogP contribution < -0.4 is 5.32 Å². The maximum Gasteiger partial charge on any atom is 0.213 e. The van der Waals surface area contributed by atoms with E-state index in [0.29, 0.717) is 28.9 Å². The zero-order valence-electron chi connectivity index (χ0n) is 12.4. The number of nitrogens with zero attached hydrogens (tertiary/aromatic N) is 5. The minimum atomic E-state index is -0.545. The summed E-state index contributed by atoms with van der Waals surface area (Å²) in [6.07, 6.45) is 3.42. The molecule has 3 rings (SSSR count). The molecule has 3 aromatic rings. The maximum atomic E-state index is 13.3. The molecule has 0 saturated carbocycles. The molecule has 0 atom stereocenters. The Hall–Kier alpha value is -2.54. The molecule has 0 unspecified atom stereocenters. The zero-order chi connectivity index (χ0) is 16.2. The van der Waals surface area contributed by atoms with Gasteiger partial charge in [0.15, 0.2) is 11.0 Å². The van der Waals surface area contributed by atoms with Gasteiger partial charge in [-0.05, 0) is 19.1 Å². The lowest BCUT2D eigenvalue weighted by Gasteiger charge is -2.11. The van der Waals surface area contributed by atoms with Gasteiger partial charge in [0.1, 0.15) is 11.4 Å². The molecule has 6 nitrogen and oxygen atoms in total. The van der Waals surface area contributed by atoms with E-state index in [0.717, 1.165) is 12.2 Å². The van der Waals surface area contributed by atoms with Crippen LogP contribution in [0.2, 0.25) is 5.15 Å². The van der Waals surface area contributed by atoms with Crippen LogP contribution in [0.1, 0.15) is 12.6 Å². The summed E-state index contributed by atoms with van der Waals surface area (Å²) in [5, 5.41) is 11.5. The largest absolute Gasteiger partial charge is 0.384 e. The minimum Gasteiger partial charge on any atom is -0.384 e. The van der Waals surface area contributed by atoms with Crippen LogP contribution in [0, 0.1) is 5.95 Å². The number of imidazole rings is 1. The number of aromatic nitrogens is 5. The number of pyridine rings is 1. The Kier molecular flexibility index (Phi) is 4.47. The Labute approximate surface area is 137 Å². The Morgan fingerprint density at radius 1 is 1.30 bits per heavy atom. The molecule has 8 heteroatoms. The van der Waals surface area contributed by atoms with Gasteiger partial charge in [-0.3, -0.25) is 0 Å². The first kappa shape index (κ1) is 15.4. The van der Waals surface area contributed by atoms with Gasteiger partial charge in [-0.1, -0.05) is 17.7 Å². The Balaban J connectivity index is 1.95. The van der Waals surface area contributed by atoms with Gasteiger partial charge in [0.05, 0.1) is 12.2 Å². The fourth-order valence-electron chi connectivity index (χ4n) is 2.22. The highest BCUT2D eigenvalue weighted by molar-refractivity contribution is 6.29. The predicted octanol–water partition coefficient (Wildman–Crippen LogP) is 3.01. The second-order valence-electron chi connectivity index (χ2n) is 4.78. The molecule has 0 aliphatic heterocycles. The van der Waals surface area contributed by atoms with Crippen LogP contribution in [-0.4, -0.2) is 31.3 Å². The number of halogens is 2. The number of hydrogen-bond acceptors (Lipinski definition) is 5. The van der Waals surface area contributed by atoms with E-state index in [2.05, 4.69) is 25.5 Å². The van der Waals surface area contributed by atoms with Gasteiger partial charge >= 0.3 is 0 Å². The molecule has 3 aromatic heterocycles. The van der Waals surface area contributed by atoms with E-state index in [1.54, 1.807) is 30.6 Å². The smallest absolute Gasteiger partial charge is 0.213 e. The number of hydrogen-bond donors (Lipinski definition) is 1. The van der Waals surface area contributed by atoms with Gasteiger partial charge in [-0.25, -0.2) is 9.97 Å². The normalized spacial score (nSPS) is 10.7. The first-order valence-corrected chi connectivity index (χ1v) is 7.45. The van der Waals surface area contributed by atoms with E-state index in [9.17, 15) is 4.39 Å². The minimum absolute atomic E-state index is 0.322. The lowest BCUT2D eigenvalue weighted by molar-refractivity contribution is 0.584. The average Bonchev–Trinajstić information content (AvgIpc) is 2.98. The highest BCUT2D eigenvalue weighted by Gasteiger charge is 2.12. The molecule has 118 valence electrons. The summed E-state index contributed by atoms with van der Waals surface area (Å²) >= 11 is 5.89. The molecule has 0 fully saturated rings. The van der Waals surface area contributed by atoms with Crippen molar-refractivity contribution in [2.75, 3.05) is 11.9 Å². The van der Waals surface area contributed by atoms with Crippen molar-refractivity contribution in [3.63, 3.8) is 0 Å². The second-order valence-corrected chi connectivity index (χ2v) is 5.17. The molecule has 0 aromatic carbocycles. The van der Waals surface area contributed by atoms with Crippen LogP contribution >= 0.6 is 11.6 Å². The Morgan fingerprint density at radius 2 is 2.17 bits per heavy atom. The maximum absolute atomic E-state index is 13.3. The molecule has 0 aliphatic rings. The van der Waals surface area contributed by atoms with Crippen LogP contribution in [0.25, 0.3) is 11.5 Å². The third-order valence-corrected chi connectivity index (χ3v) is 3.37. The number of rotatable bonds is 5. The molecule has 0 saturated heterocycles. The van der Waals surface area contributed by atoms with Crippen molar-refractivity contribution in [3.8, 4) is 11.5 Å². The standard InChI is InChI=1S/C15H14ClFN6/c1-2-18-11-8-13(16)22-21-12(11)9-23-7-6-19-15(23)10-4-3-5-14(17)20-10/h3-8H,2,9H2,1H3,(H,18,22). The summed E-state index contributed by atoms with van der Waals surface area (Å²) in [5.41, 5.74) is 1.98. The van der Waals surface area contributed by atoms with Crippen LogP contribution in [-0.2, 0) is 6.54 Å². The summed E-state index contributed by atoms with van der Waals surface area (Å²) in [5.74, 6) is 0.0142. The zero-order valence-corrected chi connectivity index (χ0v) is 13.1. The lowest BCUT2D eigenvalue weighted by atomic mass is 10.3. The second kappa shape index (κ2) is 6.70. The third kappa shape index (κ3) is 3.45. The van der Waals surface area contributed by atoms with Crippen LogP contribution in [0.5, 0.6) is 0 Å². The van der Waals surface area contributed by atoms with Crippen LogP contribution in [0.15, 0.2) is 36.7 Å². The van der Waals surface area contributed by atoms with E-state index in [1.165, 1.54) is 6.07 Å². The van der Waals surface area contributed by atoms with Crippen LogP contribution in [0.3, 0.4) is 0 Å². The van der Waals surface area contributed by atoms with Gasteiger partial charge in [-0.15, -0.1) is 5.10 Å². The van der Waals surface area contributed by atoms with Crippen molar-refractivity contribution in [2.45, 2.75) is 13.5 Å².